The number of nitrogens with zero attached hydrogens (tertiary/aromatic N) is 1. The lowest BCUT2D eigenvalue weighted by Gasteiger charge is -2.17. The lowest BCUT2D eigenvalue weighted by Crippen LogP contribution is -2.16. The molecule has 0 aliphatic carbocycles. The minimum absolute atomic E-state index is 0.00290. The average Bonchev–Trinajstić information content (AvgIpc) is 3.14. The van der Waals surface area contributed by atoms with E-state index in [0.717, 1.165) is 27.1 Å². The number of rotatable bonds is 6. The molecule has 3 aromatic carbocycles. The second kappa shape index (κ2) is 8.23. The third kappa shape index (κ3) is 4.05. The zero-order valence-corrected chi connectivity index (χ0v) is 16.3. The first-order chi connectivity index (χ1) is 13.7. The highest BCUT2D eigenvalue weighted by Crippen LogP contribution is 2.31. The smallest absolute Gasteiger partial charge is 0.227 e. The van der Waals surface area contributed by atoms with Gasteiger partial charge in [0, 0.05) is 12.3 Å². The molecule has 4 nitrogen and oxygen atoms in total. The summed E-state index contributed by atoms with van der Waals surface area (Å²) in [5.41, 5.74) is 3.10. The molecule has 1 N–H and O–H groups in total. The van der Waals surface area contributed by atoms with Crippen molar-refractivity contribution in [1.29, 1.82) is 0 Å². The van der Waals surface area contributed by atoms with Crippen LogP contribution in [0, 0.1) is 0 Å². The summed E-state index contributed by atoms with van der Waals surface area (Å²) in [5.74, 6) is 0.725. The number of hydrogen-bond acceptors (Lipinski definition) is 4. The predicted octanol–water partition coefficient (Wildman–Crippen LogP) is 5.47. The fraction of sp³-hybridized carbons (Fsp3) is 0.130. The van der Waals surface area contributed by atoms with Gasteiger partial charge in [0.1, 0.15) is 5.75 Å². The molecule has 0 bridgehead atoms. The van der Waals surface area contributed by atoms with E-state index in [9.17, 15) is 4.79 Å². The molecule has 0 aliphatic heterocycles. The molecule has 0 spiro atoms. The highest BCUT2D eigenvalue weighted by molar-refractivity contribution is 7.22. The molecule has 140 valence electrons. The van der Waals surface area contributed by atoms with Gasteiger partial charge in [-0.05, 0) is 29.3 Å². The summed E-state index contributed by atoms with van der Waals surface area (Å²) in [5, 5.41) is 3.57. The minimum atomic E-state index is -0.0521. The van der Waals surface area contributed by atoms with Gasteiger partial charge in [-0.2, -0.15) is 0 Å². The van der Waals surface area contributed by atoms with E-state index in [0.29, 0.717) is 11.6 Å². The quantitative estimate of drug-likeness (QED) is 0.477. The van der Waals surface area contributed by atoms with E-state index in [-0.39, 0.29) is 11.8 Å². The van der Waals surface area contributed by atoms with E-state index in [4.69, 9.17) is 4.74 Å². The van der Waals surface area contributed by atoms with Gasteiger partial charge in [0.05, 0.1) is 17.3 Å². The number of anilines is 1. The Balaban J connectivity index is 1.55. The van der Waals surface area contributed by atoms with Crippen LogP contribution in [0.4, 0.5) is 5.13 Å². The predicted molar refractivity (Wildman–Crippen MR) is 114 cm³/mol. The highest BCUT2D eigenvalue weighted by atomic mass is 32.1. The van der Waals surface area contributed by atoms with E-state index in [1.165, 1.54) is 11.3 Å². The van der Waals surface area contributed by atoms with Crippen molar-refractivity contribution in [2.24, 2.45) is 0 Å². The molecule has 0 saturated heterocycles. The number of thiazole rings is 1. The summed E-state index contributed by atoms with van der Waals surface area (Å²) in [7, 11) is 1.64. The largest absolute Gasteiger partial charge is 0.497 e. The van der Waals surface area contributed by atoms with Gasteiger partial charge in [-0.25, -0.2) is 4.98 Å². The number of nitrogens with one attached hydrogen (secondary N) is 1. The van der Waals surface area contributed by atoms with E-state index in [2.05, 4.69) is 34.6 Å². The van der Waals surface area contributed by atoms with Crippen LogP contribution in [0.25, 0.3) is 10.2 Å². The Hall–Kier alpha value is -3.18. The molecule has 1 heterocycles. The summed E-state index contributed by atoms with van der Waals surface area (Å²) in [6.45, 7) is 0. The maximum atomic E-state index is 12.8. The Labute approximate surface area is 167 Å². The maximum Gasteiger partial charge on any atom is 0.227 e. The number of carbonyl (C=O) groups is 1. The van der Waals surface area contributed by atoms with Crippen molar-refractivity contribution in [2.75, 3.05) is 12.4 Å². The van der Waals surface area contributed by atoms with Crippen molar-refractivity contribution in [2.45, 2.75) is 12.3 Å². The van der Waals surface area contributed by atoms with Crippen molar-refractivity contribution < 1.29 is 9.53 Å². The number of amides is 1. The Morgan fingerprint density at radius 3 is 2.25 bits per heavy atom. The molecule has 0 saturated carbocycles. The van der Waals surface area contributed by atoms with Gasteiger partial charge in [-0.1, -0.05) is 72.0 Å². The lowest BCUT2D eigenvalue weighted by atomic mass is 9.88. The zero-order chi connectivity index (χ0) is 19.3. The van der Waals surface area contributed by atoms with Crippen LogP contribution in [0.15, 0.2) is 78.9 Å². The average molecular weight is 388 g/mol. The van der Waals surface area contributed by atoms with Crippen LogP contribution in [0.2, 0.25) is 0 Å². The first kappa shape index (κ1) is 18.2. The number of carbonyl (C=O) groups excluding carboxylic acids is 1. The normalized spacial score (nSPS) is 10.9. The Kier molecular flexibility index (Phi) is 5.35. The van der Waals surface area contributed by atoms with Crippen molar-refractivity contribution >= 4 is 32.6 Å². The molecule has 4 aromatic rings. The molecule has 0 unspecified atom stereocenters. The topological polar surface area (TPSA) is 51.2 Å². The van der Waals surface area contributed by atoms with E-state index in [1.807, 2.05) is 54.6 Å². The summed E-state index contributed by atoms with van der Waals surface area (Å²) in [4.78, 5) is 17.3. The number of methoxy groups -OCH3 is 1. The fourth-order valence-corrected chi connectivity index (χ4v) is 4.15. The molecular weight excluding hydrogens is 368 g/mol. The first-order valence-electron chi connectivity index (χ1n) is 9.07. The Morgan fingerprint density at radius 1 is 1.00 bits per heavy atom. The number of hydrogen-bond donors (Lipinski definition) is 1. The van der Waals surface area contributed by atoms with Crippen LogP contribution in [0.5, 0.6) is 5.75 Å². The van der Waals surface area contributed by atoms with E-state index < -0.39 is 0 Å². The zero-order valence-electron chi connectivity index (χ0n) is 15.5. The minimum Gasteiger partial charge on any atom is -0.497 e. The molecule has 0 atom stereocenters. The number of ether oxygens (including phenoxy) is 1. The van der Waals surface area contributed by atoms with Crippen LogP contribution >= 0.6 is 11.3 Å². The van der Waals surface area contributed by atoms with Gasteiger partial charge in [0.25, 0.3) is 0 Å². The van der Waals surface area contributed by atoms with Crippen LogP contribution in [-0.4, -0.2) is 18.0 Å². The van der Waals surface area contributed by atoms with Gasteiger partial charge in [-0.15, -0.1) is 0 Å². The molecule has 1 aromatic heterocycles. The molecule has 0 aliphatic rings. The summed E-state index contributed by atoms with van der Waals surface area (Å²) >= 11 is 1.45. The molecule has 0 radical (unpaired) electrons. The van der Waals surface area contributed by atoms with Gasteiger partial charge in [-0.3, -0.25) is 4.79 Å². The van der Waals surface area contributed by atoms with Crippen molar-refractivity contribution in [3.63, 3.8) is 0 Å². The second-order valence-electron chi connectivity index (χ2n) is 6.48. The third-order valence-electron chi connectivity index (χ3n) is 4.64. The Morgan fingerprint density at radius 2 is 1.64 bits per heavy atom. The molecular formula is C23H20N2O2S. The number of aromatic nitrogens is 1. The third-order valence-corrected chi connectivity index (χ3v) is 5.57. The summed E-state index contributed by atoms with van der Waals surface area (Å²) in [6.07, 6.45) is 0.354. The van der Waals surface area contributed by atoms with Gasteiger partial charge < -0.3 is 10.1 Å². The van der Waals surface area contributed by atoms with E-state index >= 15 is 0 Å². The molecule has 4 rings (SSSR count). The van der Waals surface area contributed by atoms with Gasteiger partial charge >= 0.3 is 0 Å². The fourth-order valence-electron chi connectivity index (χ4n) is 3.24. The maximum absolute atomic E-state index is 12.8. The second-order valence-corrected chi connectivity index (χ2v) is 7.51. The first-order valence-corrected chi connectivity index (χ1v) is 9.89. The van der Waals surface area contributed by atoms with Crippen molar-refractivity contribution in [3.05, 3.63) is 90.0 Å². The van der Waals surface area contributed by atoms with Crippen LogP contribution < -0.4 is 10.1 Å². The van der Waals surface area contributed by atoms with Gasteiger partial charge in [0.15, 0.2) is 5.13 Å². The van der Waals surface area contributed by atoms with Crippen LogP contribution in [0.3, 0.4) is 0 Å². The molecule has 28 heavy (non-hydrogen) atoms. The van der Waals surface area contributed by atoms with Crippen molar-refractivity contribution in [1.82, 2.24) is 4.98 Å². The van der Waals surface area contributed by atoms with E-state index in [1.54, 1.807) is 7.11 Å². The SMILES string of the molecule is COc1ccc2nc(NC(=O)CC(c3ccccc3)c3ccccc3)sc2c1. The number of benzene rings is 3. The van der Waals surface area contributed by atoms with Gasteiger partial charge in [0.2, 0.25) is 5.91 Å². The highest BCUT2D eigenvalue weighted by Gasteiger charge is 2.19. The molecule has 0 fully saturated rings. The molecule has 1 amide bonds. The molecule has 5 heteroatoms. The van der Waals surface area contributed by atoms with Crippen LogP contribution in [-0.2, 0) is 4.79 Å². The monoisotopic (exact) mass is 388 g/mol. The summed E-state index contributed by atoms with van der Waals surface area (Å²) in [6, 6.07) is 25.9. The number of fused-ring (bicyclic) bond motifs is 1. The Bertz CT molecular complexity index is 1040. The van der Waals surface area contributed by atoms with Crippen LogP contribution in [0.1, 0.15) is 23.5 Å². The van der Waals surface area contributed by atoms with Crippen molar-refractivity contribution in [3.8, 4) is 5.75 Å². The standard InChI is InChI=1S/C23H20N2O2S/c1-27-18-12-13-20-21(14-18)28-23(24-20)25-22(26)15-19(16-8-4-2-5-9-16)17-10-6-3-7-11-17/h2-14,19H,15H2,1H3,(H,24,25,26). The summed E-state index contributed by atoms with van der Waals surface area (Å²) < 4.78 is 6.24. The lowest BCUT2D eigenvalue weighted by molar-refractivity contribution is -0.116.